The quantitative estimate of drug-likeness (QED) is 0.262. The highest BCUT2D eigenvalue weighted by atomic mass is 127. The van der Waals surface area contributed by atoms with Gasteiger partial charge in [0.25, 0.3) is 0 Å². The Morgan fingerprint density at radius 1 is 1.57 bits per heavy atom. The van der Waals surface area contributed by atoms with Crippen molar-refractivity contribution in [1.29, 1.82) is 0 Å². The minimum atomic E-state index is -0.0434. The van der Waals surface area contributed by atoms with Crippen LogP contribution in [0.5, 0.6) is 5.88 Å². The molecule has 23 heavy (non-hydrogen) atoms. The van der Waals surface area contributed by atoms with Gasteiger partial charge in [-0.05, 0) is 54.8 Å². The number of aliphatic imine (C=N–C) groups is 1. The van der Waals surface area contributed by atoms with Gasteiger partial charge < -0.3 is 9.30 Å². The molecule has 0 aliphatic heterocycles. The van der Waals surface area contributed by atoms with Crippen molar-refractivity contribution in [3.63, 3.8) is 0 Å². The second-order valence-electron chi connectivity index (χ2n) is 5.14. The molecule has 0 fully saturated rings. The van der Waals surface area contributed by atoms with Gasteiger partial charge in [0.1, 0.15) is 5.52 Å². The van der Waals surface area contributed by atoms with Gasteiger partial charge in [-0.15, -0.1) is 11.6 Å². The van der Waals surface area contributed by atoms with Crippen molar-refractivity contribution in [1.82, 2.24) is 9.55 Å². The van der Waals surface area contributed by atoms with E-state index in [1.807, 2.05) is 31.2 Å². The maximum atomic E-state index is 6.44. The molecule has 1 unspecified atom stereocenters. The summed E-state index contributed by atoms with van der Waals surface area (Å²) in [5, 5.41) is -0.0434. The molecule has 2 aromatic heterocycles. The molecule has 0 N–H and O–H groups in total. The van der Waals surface area contributed by atoms with Gasteiger partial charge in [0, 0.05) is 12.3 Å². The summed E-state index contributed by atoms with van der Waals surface area (Å²) in [6, 6.07) is 3.99. The van der Waals surface area contributed by atoms with Crippen molar-refractivity contribution < 1.29 is 4.74 Å². The normalized spacial score (nSPS) is 14.1. The predicted octanol–water partition coefficient (Wildman–Crippen LogP) is 4.98. The van der Waals surface area contributed by atoms with Crippen LogP contribution in [-0.4, -0.2) is 28.8 Å². The Labute approximate surface area is 155 Å². The molecule has 2 aromatic rings. The number of allylic oxidation sites excluding steroid dienone is 2. The number of halogens is 2. The van der Waals surface area contributed by atoms with Gasteiger partial charge in [-0.1, -0.05) is 12.7 Å². The summed E-state index contributed by atoms with van der Waals surface area (Å²) in [7, 11) is 1.62. The second-order valence-corrected chi connectivity index (χ2v) is 6.99. The van der Waals surface area contributed by atoms with Gasteiger partial charge in [0.05, 0.1) is 33.3 Å². The van der Waals surface area contributed by atoms with Crippen LogP contribution in [0.2, 0.25) is 0 Å². The van der Waals surface area contributed by atoms with Crippen LogP contribution in [0.15, 0.2) is 47.7 Å². The number of aromatic nitrogens is 2. The second kappa shape index (κ2) is 7.97. The van der Waals surface area contributed by atoms with E-state index in [2.05, 4.69) is 56.6 Å². The molecule has 0 spiro atoms. The Morgan fingerprint density at radius 2 is 2.30 bits per heavy atom. The van der Waals surface area contributed by atoms with Crippen molar-refractivity contribution in [2.75, 3.05) is 7.11 Å². The summed E-state index contributed by atoms with van der Waals surface area (Å²) in [4.78, 5) is 8.31. The number of fused-ring (bicyclic) bond motifs is 1. The van der Waals surface area contributed by atoms with Crippen LogP contribution in [0.1, 0.15) is 19.4 Å². The van der Waals surface area contributed by atoms with Crippen LogP contribution in [0, 0.1) is 3.57 Å². The highest BCUT2D eigenvalue weighted by Gasteiger charge is 2.20. The van der Waals surface area contributed by atoms with E-state index >= 15 is 0 Å². The van der Waals surface area contributed by atoms with Crippen molar-refractivity contribution in [3.8, 4) is 5.88 Å². The van der Waals surface area contributed by atoms with Gasteiger partial charge in [-0.2, -0.15) is 0 Å². The molecule has 0 saturated carbocycles. The van der Waals surface area contributed by atoms with Crippen molar-refractivity contribution in [2.24, 2.45) is 4.99 Å². The Bertz CT molecular complexity index is 752. The van der Waals surface area contributed by atoms with E-state index in [-0.39, 0.29) is 11.4 Å². The topological polar surface area (TPSA) is 39.4 Å². The van der Waals surface area contributed by atoms with Crippen LogP contribution >= 0.6 is 34.2 Å². The minimum absolute atomic E-state index is 0.0434. The van der Waals surface area contributed by atoms with Gasteiger partial charge in [0.15, 0.2) is 0 Å². The molecule has 0 bridgehead atoms. The molecule has 0 radical (unpaired) electrons. The molecule has 122 valence electrons. The first kappa shape index (κ1) is 18.0. The number of ether oxygens (including phenoxy) is 1. The lowest BCUT2D eigenvalue weighted by atomic mass is 10.1. The van der Waals surface area contributed by atoms with Gasteiger partial charge >= 0.3 is 0 Å². The number of pyridine rings is 1. The average Bonchev–Trinajstić information content (AvgIpc) is 2.87. The lowest BCUT2D eigenvalue weighted by Gasteiger charge is -2.21. The number of rotatable bonds is 7. The van der Waals surface area contributed by atoms with E-state index in [1.165, 1.54) is 0 Å². The third kappa shape index (κ3) is 4.14. The van der Waals surface area contributed by atoms with Crippen LogP contribution in [0.3, 0.4) is 0 Å². The Morgan fingerprint density at radius 3 is 2.91 bits per heavy atom. The first-order valence-electron chi connectivity index (χ1n) is 7.15. The summed E-state index contributed by atoms with van der Waals surface area (Å²) in [5.74, 6) is 0.608. The molecule has 0 saturated heterocycles. The Balaban J connectivity index is 2.39. The molecular formula is C17H19ClIN3O. The minimum Gasteiger partial charge on any atom is -0.481 e. The molecule has 2 heterocycles. The maximum absolute atomic E-state index is 6.44. The molecule has 4 nitrogen and oxygen atoms in total. The van der Waals surface area contributed by atoms with E-state index in [9.17, 15) is 0 Å². The molecule has 0 aliphatic carbocycles. The average molecular weight is 444 g/mol. The number of hydrogen-bond donors (Lipinski definition) is 0. The molecule has 2 rings (SSSR count). The first-order valence-corrected chi connectivity index (χ1v) is 8.66. The molecule has 0 aliphatic rings. The molecule has 0 aromatic carbocycles. The lowest BCUT2D eigenvalue weighted by Crippen LogP contribution is -2.16. The van der Waals surface area contributed by atoms with Crippen molar-refractivity contribution >= 4 is 51.9 Å². The van der Waals surface area contributed by atoms with Crippen LogP contribution in [0.4, 0.5) is 0 Å². The molecule has 0 amide bonds. The Hall–Kier alpha value is -1.34. The summed E-state index contributed by atoms with van der Waals surface area (Å²) < 4.78 is 8.46. The van der Waals surface area contributed by atoms with Crippen LogP contribution in [0.25, 0.3) is 11.0 Å². The van der Waals surface area contributed by atoms with E-state index in [0.717, 1.165) is 21.0 Å². The van der Waals surface area contributed by atoms with Gasteiger partial charge in [0.2, 0.25) is 5.88 Å². The third-order valence-corrected chi connectivity index (χ3v) is 4.67. The number of hydrogen-bond acceptors (Lipinski definition) is 3. The number of alkyl halides is 1. The standard InChI is InChI=1S/C17H19ClIN3O/c1-11(20-3)6-5-7-14(12(2)18)22-10-13(19)17-15(22)8-9-16(21-17)23-4/h5-6,8-10,12,14H,1,3,7H2,2,4H3/b6-5-/t12?,14-/m1/s1. The predicted molar refractivity (Wildman–Crippen MR) is 106 cm³/mol. The van der Waals surface area contributed by atoms with Crippen LogP contribution in [-0.2, 0) is 0 Å². The first-order chi connectivity index (χ1) is 11.0. The largest absolute Gasteiger partial charge is 0.481 e. The van der Waals surface area contributed by atoms with Crippen molar-refractivity contribution in [2.45, 2.75) is 24.8 Å². The van der Waals surface area contributed by atoms with E-state index in [1.54, 1.807) is 7.11 Å². The van der Waals surface area contributed by atoms with Crippen LogP contribution < -0.4 is 4.74 Å². The summed E-state index contributed by atoms with van der Waals surface area (Å²) >= 11 is 8.72. The summed E-state index contributed by atoms with van der Waals surface area (Å²) in [5.41, 5.74) is 2.61. The fourth-order valence-corrected chi connectivity index (χ4v) is 3.30. The molecule has 6 heteroatoms. The SMILES string of the molecule is C=NC(=C)/C=C\C[C@H](C(C)Cl)n1cc(I)c2nc(OC)ccc21. The Kier molecular flexibility index (Phi) is 6.24. The van der Waals surface area contributed by atoms with E-state index in [4.69, 9.17) is 16.3 Å². The van der Waals surface area contributed by atoms with Crippen molar-refractivity contribution in [3.05, 3.63) is 46.3 Å². The highest BCUT2D eigenvalue weighted by molar-refractivity contribution is 14.1. The van der Waals surface area contributed by atoms with Gasteiger partial charge in [-0.3, -0.25) is 4.99 Å². The molecule has 2 atom stereocenters. The number of nitrogens with zero attached hydrogens (tertiary/aromatic N) is 3. The zero-order valence-corrected chi connectivity index (χ0v) is 16.1. The van der Waals surface area contributed by atoms with E-state index in [0.29, 0.717) is 11.6 Å². The van der Waals surface area contributed by atoms with Gasteiger partial charge in [-0.25, -0.2) is 4.98 Å². The van der Waals surface area contributed by atoms with E-state index < -0.39 is 0 Å². The lowest BCUT2D eigenvalue weighted by molar-refractivity contribution is 0.399. The fraction of sp³-hybridized carbons (Fsp3) is 0.294. The highest BCUT2D eigenvalue weighted by Crippen LogP contribution is 2.31. The summed E-state index contributed by atoms with van der Waals surface area (Å²) in [6.45, 7) is 9.24. The monoisotopic (exact) mass is 443 g/mol. The molecular weight excluding hydrogens is 425 g/mol. The fourth-order valence-electron chi connectivity index (χ4n) is 2.38. The zero-order chi connectivity index (χ0) is 17.0. The third-order valence-electron chi connectivity index (χ3n) is 3.59. The maximum Gasteiger partial charge on any atom is 0.213 e. The zero-order valence-electron chi connectivity index (χ0n) is 13.2. The number of methoxy groups -OCH3 is 1. The summed E-state index contributed by atoms with van der Waals surface area (Å²) in [6.07, 6.45) is 6.73. The smallest absolute Gasteiger partial charge is 0.213 e.